The summed E-state index contributed by atoms with van der Waals surface area (Å²) >= 11 is 0. The quantitative estimate of drug-likeness (QED) is 0.505. The van der Waals surface area contributed by atoms with Crippen molar-refractivity contribution in [1.82, 2.24) is 0 Å². The highest BCUT2D eigenvalue weighted by atomic mass is 16.1. The smallest absolute Gasteiger partial charge is 0.119 e. The minimum atomic E-state index is 0.748. The van der Waals surface area contributed by atoms with Crippen LogP contribution in [0.5, 0.6) is 0 Å². The Labute approximate surface area is 123 Å². The number of carbonyl (C=O) groups excluding carboxylic acids is 1. The number of carbonyl (C=O) groups is 1. The van der Waals surface area contributed by atoms with E-state index in [2.05, 4.69) is 32.0 Å². The highest BCUT2D eigenvalue weighted by Gasteiger charge is 2.22. The summed E-state index contributed by atoms with van der Waals surface area (Å²) in [6, 6.07) is 7.02. The molecule has 0 aliphatic heterocycles. The molecule has 1 aromatic carbocycles. The molecule has 1 fully saturated rings. The first-order valence-corrected chi connectivity index (χ1v) is 8.21. The van der Waals surface area contributed by atoms with Gasteiger partial charge in [0.1, 0.15) is 6.29 Å². The monoisotopic (exact) mass is 272 g/mol. The molecule has 0 atom stereocenters. The maximum Gasteiger partial charge on any atom is 0.119 e. The summed E-state index contributed by atoms with van der Waals surface area (Å²) in [5, 5.41) is 0. The number of aryl methyl sites for hydroxylation is 2. The summed E-state index contributed by atoms with van der Waals surface area (Å²) in [7, 11) is 0. The lowest BCUT2D eigenvalue weighted by Gasteiger charge is -2.29. The number of hydrogen-bond acceptors (Lipinski definition) is 1. The number of benzene rings is 1. The van der Waals surface area contributed by atoms with Gasteiger partial charge in [-0.25, -0.2) is 0 Å². The molecule has 1 nitrogen and oxygen atoms in total. The third kappa shape index (κ3) is 4.47. The van der Waals surface area contributed by atoms with Crippen LogP contribution in [0.3, 0.4) is 0 Å². The van der Waals surface area contributed by atoms with Gasteiger partial charge in [0.05, 0.1) is 0 Å². The van der Waals surface area contributed by atoms with Gasteiger partial charge < -0.3 is 4.79 Å². The van der Waals surface area contributed by atoms with Gasteiger partial charge in [-0.3, -0.25) is 0 Å². The molecular weight excluding hydrogens is 244 g/mol. The molecule has 0 unspecified atom stereocenters. The van der Waals surface area contributed by atoms with Crippen molar-refractivity contribution in [3.8, 4) is 0 Å². The lowest BCUT2D eigenvalue weighted by atomic mass is 9.76. The summed E-state index contributed by atoms with van der Waals surface area (Å²) in [5.74, 6) is 1.68. The first-order valence-electron chi connectivity index (χ1n) is 8.21. The largest absolute Gasteiger partial charge is 0.303 e. The molecular formula is C19H28O. The van der Waals surface area contributed by atoms with E-state index in [1.54, 1.807) is 5.56 Å². The summed E-state index contributed by atoms with van der Waals surface area (Å²) in [5.41, 5.74) is 4.36. The third-order valence-corrected chi connectivity index (χ3v) is 4.75. The maximum atomic E-state index is 10.3. The molecule has 1 aliphatic carbocycles. The molecule has 0 heterocycles. The summed E-state index contributed by atoms with van der Waals surface area (Å²) < 4.78 is 0. The zero-order chi connectivity index (χ0) is 14.4. The number of unbranched alkanes of at least 4 members (excludes halogenated alkanes) is 2. The van der Waals surface area contributed by atoms with Gasteiger partial charge in [0.2, 0.25) is 0 Å². The van der Waals surface area contributed by atoms with Crippen LogP contribution in [-0.4, -0.2) is 6.29 Å². The second-order valence-electron chi connectivity index (χ2n) is 6.59. The minimum Gasteiger partial charge on any atom is -0.303 e. The van der Waals surface area contributed by atoms with E-state index in [9.17, 15) is 4.79 Å². The Morgan fingerprint density at radius 1 is 1.00 bits per heavy atom. The predicted molar refractivity (Wildman–Crippen MR) is 85.1 cm³/mol. The van der Waals surface area contributed by atoms with Gasteiger partial charge in [-0.2, -0.15) is 0 Å². The summed E-state index contributed by atoms with van der Waals surface area (Å²) in [6.45, 7) is 4.41. The Morgan fingerprint density at radius 3 is 2.25 bits per heavy atom. The van der Waals surface area contributed by atoms with Gasteiger partial charge in [-0.15, -0.1) is 0 Å². The minimum absolute atomic E-state index is 0.748. The molecule has 1 heteroatoms. The van der Waals surface area contributed by atoms with E-state index in [0.717, 1.165) is 31.0 Å². The lowest BCUT2D eigenvalue weighted by Crippen LogP contribution is -2.13. The van der Waals surface area contributed by atoms with Crippen molar-refractivity contribution >= 4 is 6.29 Å². The van der Waals surface area contributed by atoms with Gasteiger partial charge in [0.15, 0.2) is 0 Å². The van der Waals surface area contributed by atoms with Gasteiger partial charge in [0.25, 0.3) is 0 Å². The van der Waals surface area contributed by atoms with Crippen LogP contribution in [0.15, 0.2) is 18.2 Å². The van der Waals surface area contributed by atoms with E-state index in [-0.39, 0.29) is 0 Å². The van der Waals surface area contributed by atoms with E-state index >= 15 is 0 Å². The van der Waals surface area contributed by atoms with Crippen molar-refractivity contribution in [2.75, 3.05) is 0 Å². The SMILES string of the molecule is Cc1cc(C)cc(C2CCC(CCCCC=O)CC2)c1. The van der Waals surface area contributed by atoms with E-state index in [0.29, 0.717) is 0 Å². The zero-order valence-electron chi connectivity index (χ0n) is 13.0. The molecule has 2 rings (SSSR count). The fourth-order valence-corrected chi connectivity index (χ4v) is 3.69. The maximum absolute atomic E-state index is 10.3. The van der Waals surface area contributed by atoms with Crippen LogP contribution >= 0.6 is 0 Å². The van der Waals surface area contributed by atoms with Crippen LogP contribution < -0.4 is 0 Å². The van der Waals surface area contributed by atoms with Crippen molar-refractivity contribution in [1.29, 1.82) is 0 Å². The van der Waals surface area contributed by atoms with E-state index in [1.807, 2.05) is 0 Å². The highest BCUT2D eigenvalue weighted by molar-refractivity contribution is 5.48. The van der Waals surface area contributed by atoms with Gasteiger partial charge in [0, 0.05) is 6.42 Å². The Balaban J connectivity index is 1.80. The summed E-state index contributed by atoms with van der Waals surface area (Å²) in [6.07, 6.45) is 10.9. The molecule has 110 valence electrons. The normalized spacial score (nSPS) is 22.7. The Morgan fingerprint density at radius 2 is 1.65 bits per heavy atom. The fourth-order valence-electron chi connectivity index (χ4n) is 3.69. The first-order chi connectivity index (χ1) is 9.69. The van der Waals surface area contributed by atoms with Crippen molar-refractivity contribution in [3.63, 3.8) is 0 Å². The predicted octanol–water partition coefficient (Wildman–Crippen LogP) is 5.34. The highest BCUT2D eigenvalue weighted by Crippen LogP contribution is 2.38. The molecule has 0 spiro atoms. The molecule has 0 saturated heterocycles. The molecule has 0 N–H and O–H groups in total. The third-order valence-electron chi connectivity index (χ3n) is 4.75. The van der Waals surface area contributed by atoms with Crippen LogP contribution in [0.1, 0.15) is 74.0 Å². The molecule has 1 saturated carbocycles. The molecule has 1 aliphatic rings. The first kappa shape index (κ1) is 15.3. The van der Waals surface area contributed by atoms with Crippen LogP contribution in [0.25, 0.3) is 0 Å². The molecule has 20 heavy (non-hydrogen) atoms. The second-order valence-corrected chi connectivity index (χ2v) is 6.59. The number of aldehydes is 1. The molecule has 0 radical (unpaired) electrons. The van der Waals surface area contributed by atoms with Crippen LogP contribution in [0.2, 0.25) is 0 Å². The topological polar surface area (TPSA) is 17.1 Å². The van der Waals surface area contributed by atoms with Crippen LogP contribution in [0.4, 0.5) is 0 Å². The van der Waals surface area contributed by atoms with E-state index in [4.69, 9.17) is 0 Å². The van der Waals surface area contributed by atoms with Gasteiger partial charge in [-0.05, 0) is 63.4 Å². The van der Waals surface area contributed by atoms with Crippen molar-refractivity contribution in [3.05, 3.63) is 34.9 Å². The Hall–Kier alpha value is -1.11. The average molecular weight is 272 g/mol. The van der Waals surface area contributed by atoms with Gasteiger partial charge in [-0.1, -0.05) is 42.2 Å². The lowest BCUT2D eigenvalue weighted by molar-refractivity contribution is -0.107. The standard InChI is InChI=1S/C19H28O/c1-15-12-16(2)14-19(13-15)18-9-7-17(8-10-18)6-4-3-5-11-20/h11-14,17-18H,3-10H2,1-2H3. The fraction of sp³-hybridized carbons (Fsp3) is 0.632. The summed E-state index contributed by atoms with van der Waals surface area (Å²) in [4.78, 5) is 10.3. The number of hydrogen-bond donors (Lipinski definition) is 0. The molecule has 0 aromatic heterocycles. The van der Waals surface area contributed by atoms with Crippen molar-refractivity contribution in [2.45, 2.75) is 71.1 Å². The van der Waals surface area contributed by atoms with Crippen molar-refractivity contribution < 1.29 is 4.79 Å². The van der Waals surface area contributed by atoms with Gasteiger partial charge >= 0.3 is 0 Å². The Bertz CT molecular complexity index is 407. The Kier molecular flexibility index (Phi) is 5.82. The van der Waals surface area contributed by atoms with E-state index < -0.39 is 0 Å². The molecule has 0 amide bonds. The van der Waals surface area contributed by atoms with E-state index in [1.165, 1.54) is 49.7 Å². The average Bonchev–Trinajstić information content (AvgIpc) is 2.43. The number of rotatable bonds is 6. The molecule has 0 bridgehead atoms. The molecule has 1 aromatic rings. The zero-order valence-corrected chi connectivity index (χ0v) is 13.0. The van der Waals surface area contributed by atoms with Crippen LogP contribution in [-0.2, 0) is 4.79 Å². The van der Waals surface area contributed by atoms with Crippen LogP contribution in [0, 0.1) is 19.8 Å². The van der Waals surface area contributed by atoms with Crippen molar-refractivity contribution in [2.24, 2.45) is 5.92 Å². The second kappa shape index (κ2) is 7.61.